The van der Waals surface area contributed by atoms with E-state index < -0.39 is 0 Å². The number of phenols is 1. The number of phenolic OH excluding ortho intramolecular Hbond substituents is 1. The van der Waals surface area contributed by atoms with Crippen molar-refractivity contribution in [3.63, 3.8) is 0 Å². The van der Waals surface area contributed by atoms with Crippen molar-refractivity contribution in [3.8, 4) is 5.75 Å². The molecule has 86 valence electrons. The lowest BCUT2D eigenvalue weighted by molar-refractivity contribution is 0.0935. The second-order valence-electron chi connectivity index (χ2n) is 4.55. The van der Waals surface area contributed by atoms with Gasteiger partial charge in [-0.3, -0.25) is 4.79 Å². The van der Waals surface area contributed by atoms with Gasteiger partial charge in [-0.05, 0) is 44.7 Å². The Bertz CT molecular complexity index is 410. The second kappa shape index (κ2) is 4.16. The van der Waals surface area contributed by atoms with Crippen LogP contribution in [0.5, 0.6) is 5.75 Å². The molecular weight excluding hydrogens is 202 g/mol. The second-order valence-corrected chi connectivity index (χ2v) is 4.55. The van der Waals surface area contributed by atoms with Crippen LogP contribution in [-0.4, -0.2) is 17.1 Å². The predicted molar refractivity (Wildman–Crippen MR) is 62.5 cm³/mol. The average molecular weight is 219 g/mol. The SMILES string of the molecule is Cc1c(O)cccc1C(=O)NC(C)C1CC1. The zero-order valence-electron chi connectivity index (χ0n) is 9.66. The normalized spacial score (nSPS) is 16.9. The summed E-state index contributed by atoms with van der Waals surface area (Å²) in [6.45, 7) is 3.79. The van der Waals surface area contributed by atoms with Crippen LogP contribution >= 0.6 is 0 Å². The summed E-state index contributed by atoms with van der Waals surface area (Å²) in [4.78, 5) is 11.9. The van der Waals surface area contributed by atoms with Gasteiger partial charge < -0.3 is 10.4 Å². The third kappa shape index (κ3) is 2.18. The van der Waals surface area contributed by atoms with Crippen molar-refractivity contribution < 1.29 is 9.90 Å². The van der Waals surface area contributed by atoms with Crippen LogP contribution in [0.2, 0.25) is 0 Å². The Morgan fingerprint density at radius 3 is 2.81 bits per heavy atom. The predicted octanol–water partition coefficient (Wildman–Crippen LogP) is 2.23. The standard InChI is InChI=1S/C13H17NO2/c1-8-11(4-3-5-12(8)15)13(16)14-9(2)10-6-7-10/h3-5,9-10,15H,6-7H2,1-2H3,(H,14,16). The first-order valence-corrected chi connectivity index (χ1v) is 5.69. The molecule has 2 rings (SSSR count). The molecule has 1 aromatic carbocycles. The van der Waals surface area contributed by atoms with E-state index in [1.54, 1.807) is 25.1 Å². The van der Waals surface area contributed by atoms with Crippen molar-refractivity contribution in [2.45, 2.75) is 32.7 Å². The molecule has 0 radical (unpaired) electrons. The molecule has 1 aromatic rings. The zero-order chi connectivity index (χ0) is 11.7. The van der Waals surface area contributed by atoms with Gasteiger partial charge in [0.05, 0.1) is 0 Å². The summed E-state index contributed by atoms with van der Waals surface area (Å²) >= 11 is 0. The number of aromatic hydroxyl groups is 1. The van der Waals surface area contributed by atoms with Crippen molar-refractivity contribution in [1.29, 1.82) is 0 Å². The first-order chi connectivity index (χ1) is 7.59. The van der Waals surface area contributed by atoms with Crippen molar-refractivity contribution in [2.75, 3.05) is 0 Å². The third-order valence-electron chi connectivity index (χ3n) is 3.24. The van der Waals surface area contributed by atoms with E-state index in [2.05, 4.69) is 5.32 Å². The van der Waals surface area contributed by atoms with Gasteiger partial charge in [-0.15, -0.1) is 0 Å². The van der Waals surface area contributed by atoms with E-state index in [0.29, 0.717) is 17.0 Å². The summed E-state index contributed by atoms with van der Waals surface area (Å²) in [6.07, 6.45) is 2.42. The van der Waals surface area contributed by atoms with Crippen molar-refractivity contribution in [1.82, 2.24) is 5.32 Å². The van der Waals surface area contributed by atoms with Crippen LogP contribution in [0.4, 0.5) is 0 Å². The molecule has 1 unspecified atom stereocenters. The number of hydrogen-bond donors (Lipinski definition) is 2. The molecule has 0 bridgehead atoms. The summed E-state index contributed by atoms with van der Waals surface area (Å²) in [5.74, 6) is 0.723. The van der Waals surface area contributed by atoms with E-state index in [1.807, 2.05) is 6.92 Å². The van der Waals surface area contributed by atoms with Gasteiger partial charge in [-0.1, -0.05) is 6.07 Å². The Hall–Kier alpha value is -1.51. The molecule has 1 aliphatic rings. The highest BCUT2D eigenvalue weighted by Crippen LogP contribution is 2.32. The van der Waals surface area contributed by atoms with Crippen LogP contribution in [-0.2, 0) is 0 Å². The summed E-state index contributed by atoms with van der Waals surface area (Å²) in [6, 6.07) is 5.26. The van der Waals surface area contributed by atoms with Crippen molar-refractivity contribution in [3.05, 3.63) is 29.3 Å². The van der Waals surface area contributed by atoms with Gasteiger partial charge in [0, 0.05) is 17.2 Å². The molecule has 1 atom stereocenters. The van der Waals surface area contributed by atoms with E-state index in [9.17, 15) is 9.90 Å². The van der Waals surface area contributed by atoms with E-state index in [4.69, 9.17) is 0 Å². The summed E-state index contributed by atoms with van der Waals surface area (Å²) in [7, 11) is 0. The molecule has 0 spiro atoms. The molecule has 3 heteroatoms. The number of rotatable bonds is 3. The van der Waals surface area contributed by atoms with E-state index in [0.717, 1.165) is 0 Å². The van der Waals surface area contributed by atoms with Gasteiger partial charge in [-0.25, -0.2) is 0 Å². The topological polar surface area (TPSA) is 49.3 Å². The molecule has 0 saturated heterocycles. The highest BCUT2D eigenvalue weighted by Gasteiger charge is 2.29. The lowest BCUT2D eigenvalue weighted by Crippen LogP contribution is -2.34. The van der Waals surface area contributed by atoms with Gasteiger partial charge in [0.25, 0.3) is 5.91 Å². The zero-order valence-corrected chi connectivity index (χ0v) is 9.66. The fourth-order valence-electron chi connectivity index (χ4n) is 1.87. The van der Waals surface area contributed by atoms with Crippen LogP contribution in [0.3, 0.4) is 0 Å². The first-order valence-electron chi connectivity index (χ1n) is 5.69. The van der Waals surface area contributed by atoms with Gasteiger partial charge >= 0.3 is 0 Å². The van der Waals surface area contributed by atoms with Gasteiger partial charge in [0.1, 0.15) is 5.75 Å². The quantitative estimate of drug-likeness (QED) is 0.819. The number of hydrogen-bond acceptors (Lipinski definition) is 2. The van der Waals surface area contributed by atoms with Gasteiger partial charge in [0.2, 0.25) is 0 Å². The Morgan fingerprint density at radius 2 is 2.19 bits per heavy atom. The molecule has 1 fully saturated rings. The third-order valence-corrected chi connectivity index (χ3v) is 3.24. The maximum absolute atomic E-state index is 11.9. The minimum absolute atomic E-state index is 0.0900. The lowest BCUT2D eigenvalue weighted by atomic mass is 10.1. The highest BCUT2D eigenvalue weighted by molar-refractivity contribution is 5.96. The number of nitrogens with one attached hydrogen (secondary N) is 1. The molecule has 0 aromatic heterocycles. The van der Waals surface area contributed by atoms with Gasteiger partial charge in [0.15, 0.2) is 0 Å². The maximum Gasteiger partial charge on any atom is 0.251 e. The Kier molecular flexibility index (Phi) is 2.86. The van der Waals surface area contributed by atoms with E-state index >= 15 is 0 Å². The van der Waals surface area contributed by atoms with Gasteiger partial charge in [-0.2, -0.15) is 0 Å². The Morgan fingerprint density at radius 1 is 1.50 bits per heavy atom. The molecule has 1 saturated carbocycles. The summed E-state index contributed by atoms with van der Waals surface area (Å²) in [5.41, 5.74) is 1.20. The maximum atomic E-state index is 11.9. The Labute approximate surface area is 95.5 Å². The van der Waals surface area contributed by atoms with Crippen molar-refractivity contribution in [2.24, 2.45) is 5.92 Å². The van der Waals surface area contributed by atoms with E-state index in [1.165, 1.54) is 12.8 Å². The van der Waals surface area contributed by atoms with E-state index in [-0.39, 0.29) is 17.7 Å². The minimum Gasteiger partial charge on any atom is -0.508 e. The lowest BCUT2D eigenvalue weighted by Gasteiger charge is -2.14. The van der Waals surface area contributed by atoms with Crippen LogP contribution < -0.4 is 5.32 Å². The number of amides is 1. The fraction of sp³-hybridized carbons (Fsp3) is 0.462. The summed E-state index contributed by atoms with van der Waals surface area (Å²) in [5, 5.41) is 12.5. The van der Waals surface area contributed by atoms with Crippen molar-refractivity contribution >= 4 is 5.91 Å². The molecule has 0 heterocycles. The molecule has 0 aliphatic heterocycles. The molecular formula is C13H17NO2. The molecule has 3 nitrogen and oxygen atoms in total. The van der Waals surface area contributed by atoms with Crippen LogP contribution in [0.25, 0.3) is 0 Å². The summed E-state index contributed by atoms with van der Waals surface area (Å²) < 4.78 is 0. The molecule has 2 N–H and O–H groups in total. The molecule has 16 heavy (non-hydrogen) atoms. The fourth-order valence-corrected chi connectivity index (χ4v) is 1.87. The highest BCUT2D eigenvalue weighted by atomic mass is 16.3. The Balaban J connectivity index is 2.10. The smallest absolute Gasteiger partial charge is 0.251 e. The van der Waals surface area contributed by atoms with Crippen LogP contribution in [0.15, 0.2) is 18.2 Å². The van der Waals surface area contributed by atoms with Crippen LogP contribution in [0, 0.1) is 12.8 Å². The monoisotopic (exact) mass is 219 g/mol. The average Bonchev–Trinajstić information content (AvgIpc) is 3.05. The minimum atomic E-state index is -0.0900. The first kappa shape index (κ1) is 11.0. The molecule has 1 aliphatic carbocycles. The van der Waals surface area contributed by atoms with Crippen LogP contribution in [0.1, 0.15) is 35.7 Å². The molecule has 1 amide bonds. The number of carbonyl (C=O) groups is 1. The number of benzene rings is 1. The number of carbonyl (C=O) groups excluding carboxylic acids is 1. The largest absolute Gasteiger partial charge is 0.508 e.